The van der Waals surface area contributed by atoms with Crippen LogP contribution in [0.2, 0.25) is 0 Å². The molecule has 2 fully saturated rings. The third-order valence-electron chi connectivity index (χ3n) is 7.20. The third-order valence-corrected chi connectivity index (χ3v) is 9.61. The second-order valence-electron chi connectivity index (χ2n) is 9.50. The second kappa shape index (κ2) is 10.9. The number of carbonyl (C=O) groups excluding carboxylic acids is 1. The van der Waals surface area contributed by atoms with Crippen molar-refractivity contribution in [3.05, 3.63) is 58.0 Å². The van der Waals surface area contributed by atoms with Crippen LogP contribution in [-0.4, -0.2) is 53.9 Å². The average molecular weight is 523 g/mol. The van der Waals surface area contributed by atoms with Crippen LogP contribution in [-0.2, 0) is 4.79 Å². The molecular weight excluding hydrogens is 488 g/mol. The average Bonchev–Trinajstić information content (AvgIpc) is 3.40. The maximum Gasteiger partial charge on any atom is 0.269 e. The second-order valence-corrected chi connectivity index (χ2v) is 11.5. The lowest BCUT2D eigenvalue weighted by atomic mass is 9.94. The molecule has 0 radical (unpaired) electrons. The van der Waals surface area contributed by atoms with E-state index in [0.717, 1.165) is 70.0 Å². The molecule has 1 N–H and O–H groups in total. The van der Waals surface area contributed by atoms with Gasteiger partial charge in [-0.1, -0.05) is 43.2 Å². The van der Waals surface area contributed by atoms with Crippen LogP contribution >= 0.6 is 23.5 Å². The van der Waals surface area contributed by atoms with E-state index >= 15 is 0 Å². The molecule has 3 aliphatic rings. The largest absolute Gasteiger partial charge is 0.395 e. The molecular formula is C28H34N4O2S2. The molecule has 190 valence electrons. The highest BCUT2D eigenvalue weighted by Gasteiger charge is 2.42. The smallest absolute Gasteiger partial charge is 0.269 e. The van der Waals surface area contributed by atoms with Crippen molar-refractivity contribution in [2.45, 2.75) is 56.9 Å². The molecule has 5 rings (SSSR count). The fraction of sp³-hybridized carbons (Fsp3) is 0.429. The lowest BCUT2D eigenvalue weighted by Crippen LogP contribution is -2.40. The molecule has 0 aromatic heterocycles. The number of anilines is 2. The minimum atomic E-state index is 0.0854. The Balaban J connectivity index is 1.51. The van der Waals surface area contributed by atoms with Crippen molar-refractivity contribution in [3.63, 3.8) is 0 Å². The van der Waals surface area contributed by atoms with Gasteiger partial charge in [-0.25, -0.2) is 4.99 Å². The summed E-state index contributed by atoms with van der Waals surface area (Å²) in [6, 6.07) is 14.7. The van der Waals surface area contributed by atoms with Crippen molar-refractivity contribution in [2.24, 2.45) is 4.99 Å². The topological polar surface area (TPSA) is 59.4 Å². The quantitative estimate of drug-likeness (QED) is 0.461. The van der Waals surface area contributed by atoms with Gasteiger partial charge in [0.15, 0.2) is 5.17 Å². The Morgan fingerprint density at radius 3 is 2.58 bits per heavy atom. The number of likely N-dealkylation sites (N-methyl/N-ethyl adjacent to an activating group) is 1. The van der Waals surface area contributed by atoms with E-state index < -0.39 is 0 Å². The summed E-state index contributed by atoms with van der Waals surface area (Å²) in [5.41, 5.74) is 4.17. The first-order valence-electron chi connectivity index (χ1n) is 12.8. The zero-order chi connectivity index (χ0) is 25.2. The predicted octanol–water partition coefficient (Wildman–Crippen LogP) is 6.12. The van der Waals surface area contributed by atoms with Crippen molar-refractivity contribution in [1.82, 2.24) is 4.90 Å². The first kappa shape index (κ1) is 25.2. The molecule has 1 saturated carbocycles. The van der Waals surface area contributed by atoms with Gasteiger partial charge in [-0.3, -0.25) is 9.69 Å². The Hall–Kier alpha value is -2.42. The van der Waals surface area contributed by atoms with Crippen LogP contribution in [0.5, 0.6) is 0 Å². The van der Waals surface area contributed by atoms with Gasteiger partial charge >= 0.3 is 0 Å². The number of aryl methyl sites for hydroxylation is 1. The van der Waals surface area contributed by atoms with E-state index in [0.29, 0.717) is 6.54 Å². The van der Waals surface area contributed by atoms with Gasteiger partial charge in [0, 0.05) is 36.8 Å². The highest BCUT2D eigenvalue weighted by Crippen LogP contribution is 2.50. The molecule has 0 bridgehead atoms. The van der Waals surface area contributed by atoms with Crippen LogP contribution in [0.15, 0.2) is 62.3 Å². The summed E-state index contributed by atoms with van der Waals surface area (Å²) in [5, 5.41) is 11.2. The molecule has 0 spiro atoms. The summed E-state index contributed by atoms with van der Waals surface area (Å²) < 4.78 is 0. The maximum atomic E-state index is 13.9. The normalized spacial score (nSPS) is 21.6. The number of amides is 1. The molecule has 1 saturated heterocycles. The number of thioether (sulfide) groups is 2. The van der Waals surface area contributed by atoms with Gasteiger partial charge in [-0.05, 0) is 74.3 Å². The number of fused-ring (bicyclic) bond motifs is 1. The minimum Gasteiger partial charge on any atom is -0.395 e. The summed E-state index contributed by atoms with van der Waals surface area (Å²) in [7, 11) is 2.05. The Kier molecular flexibility index (Phi) is 7.65. The highest BCUT2D eigenvalue weighted by molar-refractivity contribution is 8.19. The zero-order valence-corrected chi connectivity index (χ0v) is 22.9. The van der Waals surface area contributed by atoms with Crippen LogP contribution < -0.4 is 9.80 Å². The number of nitrogens with zero attached hydrogens (tertiary/aromatic N) is 4. The Morgan fingerprint density at radius 1 is 1.11 bits per heavy atom. The van der Waals surface area contributed by atoms with E-state index in [-0.39, 0.29) is 18.6 Å². The van der Waals surface area contributed by atoms with Crippen LogP contribution in [0.1, 0.15) is 44.6 Å². The number of aliphatic hydroxyl groups excluding tert-OH is 1. The van der Waals surface area contributed by atoms with Crippen molar-refractivity contribution in [2.75, 3.05) is 36.5 Å². The lowest BCUT2D eigenvalue weighted by molar-refractivity contribution is -0.124. The van der Waals surface area contributed by atoms with Gasteiger partial charge in [0.2, 0.25) is 0 Å². The Labute approximate surface area is 222 Å². The molecule has 2 aromatic rings. The van der Waals surface area contributed by atoms with E-state index in [9.17, 15) is 9.90 Å². The lowest BCUT2D eigenvalue weighted by Gasteiger charge is -2.30. The van der Waals surface area contributed by atoms with Crippen molar-refractivity contribution in [1.29, 1.82) is 0 Å². The van der Waals surface area contributed by atoms with Crippen LogP contribution in [0, 0.1) is 6.92 Å². The number of amidine groups is 1. The van der Waals surface area contributed by atoms with E-state index in [4.69, 9.17) is 4.99 Å². The van der Waals surface area contributed by atoms with E-state index in [2.05, 4.69) is 47.9 Å². The monoisotopic (exact) mass is 522 g/mol. The fourth-order valence-electron chi connectivity index (χ4n) is 5.21. The standard InChI is InChI=1S/C28H34N4O2S2/c1-4-31(16-17-33)21-14-15-22(19(2)18-21)29-28-32(20-10-6-5-7-11-20)26(34)25(36-28)27-30(3)23-12-8-9-13-24(23)35-27/h8-9,12-15,18,20,33H,4-7,10-11,16-17H2,1-3H3/b27-25-,29-28?. The van der Waals surface area contributed by atoms with Crippen LogP contribution in [0.4, 0.5) is 17.1 Å². The van der Waals surface area contributed by atoms with E-state index in [1.807, 2.05) is 30.1 Å². The van der Waals surface area contributed by atoms with Crippen molar-refractivity contribution >= 4 is 51.7 Å². The summed E-state index contributed by atoms with van der Waals surface area (Å²) in [6.45, 7) is 5.72. The van der Waals surface area contributed by atoms with Crippen molar-refractivity contribution < 1.29 is 9.90 Å². The van der Waals surface area contributed by atoms with E-state index in [1.54, 1.807) is 11.8 Å². The van der Waals surface area contributed by atoms with Gasteiger partial charge in [-0.15, -0.1) is 0 Å². The first-order chi connectivity index (χ1) is 17.5. The molecule has 6 nitrogen and oxygen atoms in total. The van der Waals surface area contributed by atoms with Gasteiger partial charge < -0.3 is 14.9 Å². The SMILES string of the molecule is CCN(CCO)c1ccc(N=C2S/C(=C3\Sc4ccccc4N3C)C(=O)N2C2CCCCC2)c(C)c1. The van der Waals surface area contributed by atoms with Gasteiger partial charge in [-0.2, -0.15) is 0 Å². The molecule has 2 aromatic carbocycles. The van der Waals surface area contributed by atoms with Crippen molar-refractivity contribution in [3.8, 4) is 0 Å². The van der Waals surface area contributed by atoms with E-state index in [1.165, 1.54) is 23.1 Å². The number of rotatable bonds is 6. The molecule has 0 atom stereocenters. The predicted molar refractivity (Wildman–Crippen MR) is 152 cm³/mol. The number of benzene rings is 2. The number of aliphatic imine (C=N–C) groups is 1. The molecule has 8 heteroatoms. The van der Waals surface area contributed by atoms with Gasteiger partial charge in [0.25, 0.3) is 5.91 Å². The maximum absolute atomic E-state index is 13.9. The molecule has 0 unspecified atom stereocenters. The fourth-order valence-corrected chi connectivity index (χ4v) is 7.61. The van der Waals surface area contributed by atoms with Crippen LogP contribution in [0.25, 0.3) is 0 Å². The summed E-state index contributed by atoms with van der Waals surface area (Å²) in [5.74, 6) is 0.0854. The molecule has 1 aliphatic carbocycles. The number of aliphatic hydroxyl groups is 1. The third kappa shape index (κ3) is 4.78. The van der Waals surface area contributed by atoms with Crippen LogP contribution in [0.3, 0.4) is 0 Å². The first-order valence-corrected chi connectivity index (χ1v) is 14.5. The summed E-state index contributed by atoms with van der Waals surface area (Å²) in [4.78, 5) is 27.2. The Bertz CT molecular complexity index is 1210. The number of hydrogen-bond acceptors (Lipinski definition) is 7. The minimum absolute atomic E-state index is 0.0854. The number of carbonyl (C=O) groups is 1. The highest BCUT2D eigenvalue weighted by atomic mass is 32.2. The van der Waals surface area contributed by atoms with Gasteiger partial charge in [0.1, 0.15) is 4.91 Å². The Morgan fingerprint density at radius 2 is 1.89 bits per heavy atom. The summed E-state index contributed by atoms with van der Waals surface area (Å²) in [6.07, 6.45) is 5.61. The number of hydrogen-bond donors (Lipinski definition) is 1. The summed E-state index contributed by atoms with van der Waals surface area (Å²) >= 11 is 3.19. The number of para-hydroxylation sites is 1. The molecule has 2 heterocycles. The molecule has 36 heavy (non-hydrogen) atoms. The molecule has 2 aliphatic heterocycles. The molecule has 1 amide bonds. The van der Waals surface area contributed by atoms with Gasteiger partial charge in [0.05, 0.1) is 23.0 Å². The zero-order valence-electron chi connectivity index (χ0n) is 21.2.